The first-order valence-electron chi connectivity index (χ1n) is 5.83. The summed E-state index contributed by atoms with van der Waals surface area (Å²) in [7, 11) is 0. The molecular formula is C13H18N2O3. The van der Waals surface area contributed by atoms with E-state index >= 15 is 0 Å². The molecule has 0 unspecified atom stereocenters. The molecule has 0 aliphatic rings. The van der Waals surface area contributed by atoms with E-state index in [9.17, 15) is 9.59 Å². The average molecular weight is 250 g/mol. The van der Waals surface area contributed by atoms with Crippen LogP contribution in [0.4, 0.5) is 5.69 Å². The van der Waals surface area contributed by atoms with Gasteiger partial charge in [0.2, 0.25) is 0 Å². The summed E-state index contributed by atoms with van der Waals surface area (Å²) in [5.41, 5.74) is 7.40. The number of nitrogens with two attached hydrogens (primary N) is 1. The molecule has 0 heterocycles. The molecule has 0 saturated heterocycles. The Balaban J connectivity index is 3.01. The number of benzene rings is 1. The fourth-order valence-electron chi connectivity index (χ4n) is 1.73. The monoisotopic (exact) mass is 250 g/mol. The van der Waals surface area contributed by atoms with Crippen LogP contribution in [0.1, 0.15) is 29.3 Å². The van der Waals surface area contributed by atoms with Crippen molar-refractivity contribution in [2.45, 2.75) is 20.3 Å². The highest BCUT2D eigenvalue weighted by Gasteiger charge is 2.19. The normalized spacial score (nSPS) is 10.1. The van der Waals surface area contributed by atoms with Gasteiger partial charge in [-0.05, 0) is 31.0 Å². The van der Waals surface area contributed by atoms with Crippen LogP contribution in [0.25, 0.3) is 0 Å². The number of hydrogen-bond acceptors (Lipinski definition) is 3. The summed E-state index contributed by atoms with van der Waals surface area (Å²) < 4.78 is 0. The summed E-state index contributed by atoms with van der Waals surface area (Å²) >= 11 is 0. The van der Waals surface area contributed by atoms with Crippen LogP contribution in [0.3, 0.4) is 0 Å². The second kappa shape index (κ2) is 6.05. The van der Waals surface area contributed by atoms with Crippen LogP contribution in [0, 0.1) is 6.92 Å². The predicted octanol–water partition coefficient (Wildman–Crippen LogP) is 1.51. The molecule has 18 heavy (non-hydrogen) atoms. The Bertz CT molecular complexity index is 458. The van der Waals surface area contributed by atoms with Gasteiger partial charge in [-0.1, -0.05) is 13.0 Å². The first kappa shape index (κ1) is 14.0. The number of amides is 1. The fraction of sp³-hybridized carbons (Fsp3) is 0.385. The van der Waals surface area contributed by atoms with Crippen molar-refractivity contribution >= 4 is 17.6 Å². The van der Waals surface area contributed by atoms with E-state index in [1.165, 1.54) is 4.90 Å². The van der Waals surface area contributed by atoms with Gasteiger partial charge < -0.3 is 15.7 Å². The second-order valence-corrected chi connectivity index (χ2v) is 4.19. The number of nitrogen functional groups attached to an aromatic ring is 1. The lowest BCUT2D eigenvalue weighted by molar-refractivity contribution is -0.137. The Morgan fingerprint density at radius 2 is 2.06 bits per heavy atom. The summed E-state index contributed by atoms with van der Waals surface area (Å²) in [5.74, 6) is -1.30. The standard InChI is InChI=1S/C13H18N2O3/c1-3-6-15(8-12(16)17)13(18)11-7-10(14)5-4-9(11)2/h4-5,7H,3,6,8,14H2,1-2H3,(H,16,17). The van der Waals surface area contributed by atoms with Gasteiger partial charge in [-0.25, -0.2) is 0 Å². The fourth-order valence-corrected chi connectivity index (χ4v) is 1.73. The van der Waals surface area contributed by atoms with Gasteiger partial charge in [0.25, 0.3) is 5.91 Å². The van der Waals surface area contributed by atoms with E-state index in [4.69, 9.17) is 10.8 Å². The molecule has 5 nitrogen and oxygen atoms in total. The number of carbonyl (C=O) groups is 2. The maximum atomic E-state index is 12.3. The zero-order valence-electron chi connectivity index (χ0n) is 10.6. The Morgan fingerprint density at radius 1 is 1.39 bits per heavy atom. The van der Waals surface area contributed by atoms with Crippen LogP contribution >= 0.6 is 0 Å². The maximum Gasteiger partial charge on any atom is 0.323 e. The molecule has 0 aliphatic heterocycles. The summed E-state index contributed by atoms with van der Waals surface area (Å²) in [6, 6.07) is 5.06. The molecule has 0 spiro atoms. The molecule has 0 atom stereocenters. The minimum Gasteiger partial charge on any atom is -0.480 e. The third kappa shape index (κ3) is 3.48. The van der Waals surface area contributed by atoms with E-state index in [0.717, 1.165) is 5.56 Å². The zero-order chi connectivity index (χ0) is 13.7. The topological polar surface area (TPSA) is 83.6 Å². The number of carbonyl (C=O) groups excluding carboxylic acids is 1. The van der Waals surface area contributed by atoms with Crippen molar-refractivity contribution in [1.29, 1.82) is 0 Å². The smallest absolute Gasteiger partial charge is 0.323 e. The van der Waals surface area contributed by atoms with Crippen molar-refractivity contribution < 1.29 is 14.7 Å². The highest BCUT2D eigenvalue weighted by atomic mass is 16.4. The lowest BCUT2D eigenvalue weighted by Gasteiger charge is -2.21. The quantitative estimate of drug-likeness (QED) is 0.776. The molecule has 1 amide bonds. The third-order valence-electron chi connectivity index (χ3n) is 2.60. The van der Waals surface area contributed by atoms with Gasteiger partial charge in [0.05, 0.1) is 0 Å². The predicted molar refractivity (Wildman–Crippen MR) is 69.4 cm³/mol. The number of aliphatic carboxylic acids is 1. The van der Waals surface area contributed by atoms with Crippen molar-refractivity contribution in [3.63, 3.8) is 0 Å². The van der Waals surface area contributed by atoms with Gasteiger partial charge in [0, 0.05) is 17.8 Å². The molecule has 0 aromatic heterocycles. The Morgan fingerprint density at radius 3 is 2.61 bits per heavy atom. The number of carboxylic acid groups (broad SMARTS) is 1. The SMILES string of the molecule is CCCN(CC(=O)O)C(=O)c1cc(N)ccc1C. The van der Waals surface area contributed by atoms with Crippen molar-refractivity contribution in [2.24, 2.45) is 0 Å². The molecule has 3 N–H and O–H groups in total. The van der Waals surface area contributed by atoms with Crippen molar-refractivity contribution in [1.82, 2.24) is 4.90 Å². The van der Waals surface area contributed by atoms with E-state index in [-0.39, 0.29) is 12.5 Å². The lowest BCUT2D eigenvalue weighted by Crippen LogP contribution is -2.36. The van der Waals surface area contributed by atoms with E-state index < -0.39 is 5.97 Å². The average Bonchev–Trinajstić information content (AvgIpc) is 2.30. The number of hydrogen-bond donors (Lipinski definition) is 2. The highest BCUT2D eigenvalue weighted by Crippen LogP contribution is 2.15. The van der Waals surface area contributed by atoms with Gasteiger partial charge in [-0.15, -0.1) is 0 Å². The van der Waals surface area contributed by atoms with Crippen molar-refractivity contribution in [3.8, 4) is 0 Å². The lowest BCUT2D eigenvalue weighted by atomic mass is 10.1. The van der Waals surface area contributed by atoms with Crippen LogP contribution in [0.15, 0.2) is 18.2 Å². The molecule has 0 fully saturated rings. The van der Waals surface area contributed by atoms with Gasteiger partial charge in [-0.3, -0.25) is 9.59 Å². The second-order valence-electron chi connectivity index (χ2n) is 4.19. The van der Waals surface area contributed by atoms with Crippen LogP contribution in [0.2, 0.25) is 0 Å². The Kier molecular flexibility index (Phi) is 4.71. The molecule has 0 bridgehead atoms. The molecule has 1 aromatic rings. The first-order valence-corrected chi connectivity index (χ1v) is 5.83. The number of rotatable bonds is 5. The van der Waals surface area contributed by atoms with Gasteiger partial charge in [-0.2, -0.15) is 0 Å². The van der Waals surface area contributed by atoms with Crippen LogP contribution in [-0.2, 0) is 4.79 Å². The Hall–Kier alpha value is -2.04. The van der Waals surface area contributed by atoms with E-state index in [2.05, 4.69) is 0 Å². The molecule has 0 aliphatic carbocycles. The molecule has 1 rings (SSSR count). The van der Waals surface area contributed by atoms with E-state index in [1.54, 1.807) is 25.1 Å². The molecule has 0 radical (unpaired) electrons. The number of aryl methyl sites for hydroxylation is 1. The summed E-state index contributed by atoms with van der Waals surface area (Å²) in [4.78, 5) is 24.3. The Labute approximate surface area is 106 Å². The van der Waals surface area contributed by atoms with E-state index in [1.807, 2.05) is 6.92 Å². The highest BCUT2D eigenvalue weighted by molar-refractivity contribution is 5.97. The summed E-state index contributed by atoms with van der Waals surface area (Å²) in [6.45, 7) is 3.83. The number of carboxylic acids is 1. The minimum atomic E-state index is -1.02. The molecule has 0 saturated carbocycles. The number of anilines is 1. The minimum absolute atomic E-state index is 0.288. The summed E-state index contributed by atoms with van der Waals surface area (Å²) in [6.07, 6.45) is 0.709. The molecule has 98 valence electrons. The third-order valence-corrected chi connectivity index (χ3v) is 2.60. The van der Waals surface area contributed by atoms with Crippen LogP contribution in [-0.4, -0.2) is 35.0 Å². The molecule has 1 aromatic carbocycles. The van der Waals surface area contributed by atoms with Crippen molar-refractivity contribution in [2.75, 3.05) is 18.8 Å². The van der Waals surface area contributed by atoms with Crippen LogP contribution in [0.5, 0.6) is 0 Å². The van der Waals surface area contributed by atoms with Crippen LogP contribution < -0.4 is 5.73 Å². The maximum absolute atomic E-state index is 12.3. The largest absolute Gasteiger partial charge is 0.480 e. The van der Waals surface area contributed by atoms with Gasteiger partial charge in [0.1, 0.15) is 6.54 Å². The first-order chi connectivity index (χ1) is 8.45. The molecular weight excluding hydrogens is 232 g/mol. The zero-order valence-corrected chi connectivity index (χ0v) is 10.6. The number of nitrogens with zero attached hydrogens (tertiary/aromatic N) is 1. The molecule has 5 heteroatoms. The van der Waals surface area contributed by atoms with E-state index in [0.29, 0.717) is 24.2 Å². The van der Waals surface area contributed by atoms with Gasteiger partial charge >= 0.3 is 5.97 Å². The van der Waals surface area contributed by atoms with Crippen molar-refractivity contribution in [3.05, 3.63) is 29.3 Å². The summed E-state index contributed by atoms with van der Waals surface area (Å²) in [5, 5.41) is 8.81. The van der Waals surface area contributed by atoms with Gasteiger partial charge in [0.15, 0.2) is 0 Å².